The van der Waals surface area contributed by atoms with Gasteiger partial charge in [0.2, 0.25) is 0 Å². The summed E-state index contributed by atoms with van der Waals surface area (Å²) in [5.41, 5.74) is 1.01. The smallest absolute Gasteiger partial charge is 0.142 e. The van der Waals surface area contributed by atoms with E-state index in [1.807, 2.05) is 6.07 Å². The van der Waals surface area contributed by atoms with Gasteiger partial charge in [-0.2, -0.15) is 0 Å². The van der Waals surface area contributed by atoms with E-state index in [0.717, 1.165) is 24.9 Å². The number of nitrogens with one attached hydrogen (secondary N) is 1. The van der Waals surface area contributed by atoms with E-state index in [2.05, 4.69) is 19.2 Å². The molecule has 0 fully saturated rings. The topological polar surface area (TPSA) is 12.0 Å². The summed E-state index contributed by atoms with van der Waals surface area (Å²) in [6.07, 6.45) is 4.39. The molecule has 0 amide bonds. The Morgan fingerprint density at radius 3 is 2.71 bits per heavy atom. The molecule has 1 unspecified atom stereocenters. The lowest BCUT2D eigenvalue weighted by Gasteiger charge is -2.17. The summed E-state index contributed by atoms with van der Waals surface area (Å²) in [4.78, 5) is 0. The second kappa shape index (κ2) is 7.67. The SMILES string of the molecule is CCCCC(Cc1ccc(Cl)c(F)c1)NCC. The van der Waals surface area contributed by atoms with Gasteiger partial charge in [-0.1, -0.05) is 44.4 Å². The van der Waals surface area contributed by atoms with Crippen LogP contribution in [-0.4, -0.2) is 12.6 Å². The fourth-order valence-corrected chi connectivity index (χ4v) is 2.08. The zero-order valence-corrected chi connectivity index (χ0v) is 11.4. The Bertz CT molecular complexity index is 341. The summed E-state index contributed by atoms with van der Waals surface area (Å²) in [7, 11) is 0. The molecule has 17 heavy (non-hydrogen) atoms. The molecule has 1 atom stereocenters. The Hall–Kier alpha value is -0.600. The molecular weight excluding hydrogens is 237 g/mol. The minimum absolute atomic E-state index is 0.197. The van der Waals surface area contributed by atoms with Crippen LogP contribution < -0.4 is 5.32 Å². The van der Waals surface area contributed by atoms with Gasteiger partial charge in [0.1, 0.15) is 5.82 Å². The van der Waals surface area contributed by atoms with Crippen LogP contribution in [0.2, 0.25) is 5.02 Å². The summed E-state index contributed by atoms with van der Waals surface area (Å²) in [6, 6.07) is 5.51. The third kappa shape index (κ3) is 5.05. The van der Waals surface area contributed by atoms with Crippen molar-refractivity contribution in [1.29, 1.82) is 0 Å². The molecule has 0 bridgehead atoms. The Morgan fingerprint density at radius 1 is 1.35 bits per heavy atom. The molecule has 96 valence electrons. The van der Waals surface area contributed by atoms with Gasteiger partial charge in [-0.05, 0) is 37.1 Å². The normalized spacial score (nSPS) is 12.7. The standard InChI is InChI=1S/C14H21ClFN/c1-3-5-6-12(17-4-2)9-11-7-8-13(15)14(16)10-11/h7-8,10,12,17H,3-6,9H2,1-2H3. The minimum atomic E-state index is -0.324. The van der Waals surface area contributed by atoms with Crippen molar-refractivity contribution in [2.75, 3.05) is 6.54 Å². The maximum Gasteiger partial charge on any atom is 0.142 e. The van der Waals surface area contributed by atoms with Gasteiger partial charge in [0.05, 0.1) is 5.02 Å². The first-order valence-corrected chi connectivity index (χ1v) is 6.72. The van der Waals surface area contributed by atoms with Crippen LogP contribution in [0.15, 0.2) is 18.2 Å². The van der Waals surface area contributed by atoms with E-state index in [9.17, 15) is 4.39 Å². The summed E-state index contributed by atoms with van der Waals surface area (Å²) in [6.45, 7) is 5.23. The van der Waals surface area contributed by atoms with Crippen LogP contribution in [-0.2, 0) is 6.42 Å². The number of benzene rings is 1. The van der Waals surface area contributed by atoms with E-state index in [0.29, 0.717) is 6.04 Å². The van der Waals surface area contributed by atoms with Crippen molar-refractivity contribution >= 4 is 11.6 Å². The molecule has 0 aliphatic heterocycles. The molecular formula is C14H21ClFN. The Balaban J connectivity index is 2.61. The zero-order chi connectivity index (χ0) is 12.7. The third-order valence-electron chi connectivity index (χ3n) is 2.87. The molecule has 0 radical (unpaired) electrons. The molecule has 1 aromatic carbocycles. The first kappa shape index (κ1) is 14.5. The van der Waals surface area contributed by atoms with E-state index in [1.165, 1.54) is 12.8 Å². The van der Waals surface area contributed by atoms with E-state index in [-0.39, 0.29) is 10.8 Å². The molecule has 3 heteroatoms. The Kier molecular flexibility index (Phi) is 6.53. The Morgan fingerprint density at radius 2 is 2.12 bits per heavy atom. The molecule has 0 aliphatic carbocycles. The predicted molar refractivity (Wildman–Crippen MR) is 72.1 cm³/mol. The summed E-state index contributed by atoms with van der Waals surface area (Å²) < 4.78 is 13.3. The van der Waals surface area contributed by atoms with Crippen LogP contribution in [0, 0.1) is 5.82 Å². The number of likely N-dealkylation sites (N-methyl/N-ethyl adjacent to an activating group) is 1. The van der Waals surface area contributed by atoms with Gasteiger partial charge in [-0.3, -0.25) is 0 Å². The number of unbranched alkanes of at least 4 members (excludes halogenated alkanes) is 1. The predicted octanol–water partition coefficient (Wildman–Crippen LogP) is 4.19. The van der Waals surface area contributed by atoms with E-state index >= 15 is 0 Å². The van der Waals surface area contributed by atoms with Gasteiger partial charge < -0.3 is 5.32 Å². The monoisotopic (exact) mass is 257 g/mol. The first-order chi connectivity index (χ1) is 8.17. The quantitative estimate of drug-likeness (QED) is 0.772. The molecule has 0 spiro atoms. The van der Waals surface area contributed by atoms with Crippen LogP contribution in [0.5, 0.6) is 0 Å². The zero-order valence-electron chi connectivity index (χ0n) is 10.6. The maximum atomic E-state index is 13.3. The lowest BCUT2D eigenvalue weighted by atomic mass is 10.0. The lowest BCUT2D eigenvalue weighted by molar-refractivity contribution is 0.472. The van der Waals surface area contributed by atoms with Gasteiger partial charge in [0, 0.05) is 6.04 Å². The fraction of sp³-hybridized carbons (Fsp3) is 0.571. The van der Waals surface area contributed by atoms with Gasteiger partial charge in [-0.15, -0.1) is 0 Å². The number of halogens is 2. The molecule has 0 saturated heterocycles. The maximum absolute atomic E-state index is 13.3. The number of hydrogen-bond donors (Lipinski definition) is 1. The first-order valence-electron chi connectivity index (χ1n) is 6.34. The summed E-state index contributed by atoms with van der Waals surface area (Å²) >= 11 is 5.67. The van der Waals surface area contributed by atoms with Crippen LogP contribution in [0.4, 0.5) is 4.39 Å². The van der Waals surface area contributed by atoms with Crippen molar-refractivity contribution in [2.24, 2.45) is 0 Å². The minimum Gasteiger partial charge on any atom is -0.314 e. The van der Waals surface area contributed by atoms with Crippen LogP contribution in [0.25, 0.3) is 0 Å². The summed E-state index contributed by atoms with van der Waals surface area (Å²) in [5, 5.41) is 3.64. The van der Waals surface area contributed by atoms with Crippen LogP contribution in [0.1, 0.15) is 38.7 Å². The Labute approximate surface area is 108 Å². The lowest BCUT2D eigenvalue weighted by Crippen LogP contribution is -2.30. The molecule has 0 heterocycles. The molecule has 0 aliphatic rings. The average molecular weight is 258 g/mol. The van der Waals surface area contributed by atoms with Gasteiger partial charge in [-0.25, -0.2) is 4.39 Å². The van der Waals surface area contributed by atoms with E-state index in [4.69, 9.17) is 11.6 Å². The van der Waals surface area contributed by atoms with E-state index in [1.54, 1.807) is 12.1 Å². The van der Waals surface area contributed by atoms with Crippen molar-refractivity contribution < 1.29 is 4.39 Å². The highest BCUT2D eigenvalue weighted by atomic mass is 35.5. The molecule has 1 N–H and O–H groups in total. The third-order valence-corrected chi connectivity index (χ3v) is 3.17. The van der Waals surface area contributed by atoms with Gasteiger partial charge in [0.25, 0.3) is 0 Å². The van der Waals surface area contributed by atoms with Crippen molar-refractivity contribution in [3.63, 3.8) is 0 Å². The van der Waals surface area contributed by atoms with Crippen molar-refractivity contribution in [2.45, 2.75) is 45.6 Å². The second-order valence-electron chi connectivity index (χ2n) is 4.35. The van der Waals surface area contributed by atoms with Crippen LogP contribution in [0.3, 0.4) is 0 Å². The highest BCUT2D eigenvalue weighted by Crippen LogP contribution is 2.17. The molecule has 0 aromatic heterocycles. The van der Waals surface area contributed by atoms with Gasteiger partial charge in [0.15, 0.2) is 0 Å². The van der Waals surface area contributed by atoms with Gasteiger partial charge >= 0.3 is 0 Å². The number of rotatable bonds is 7. The highest BCUT2D eigenvalue weighted by Gasteiger charge is 2.09. The van der Waals surface area contributed by atoms with E-state index < -0.39 is 0 Å². The highest BCUT2D eigenvalue weighted by molar-refractivity contribution is 6.30. The second-order valence-corrected chi connectivity index (χ2v) is 4.76. The fourth-order valence-electron chi connectivity index (χ4n) is 1.97. The molecule has 1 aromatic rings. The molecule has 0 saturated carbocycles. The molecule has 1 nitrogen and oxygen atoms in total. The average Bonchev–Trinajstić information content (AvgIpc) is 2.31. The number of hydrogen-bond acceptors (Lipinski definition) is 1. The van der Waals surface area contributed by atoms with Crippen molar-refractivity contribution in [1.82, 2.24) is 5.32 Å². The van der Waals surface area contributed by atoms with Crippen molar-refractivity contribution in [3.8, 4) is 0 Å². The van der Waals surface area contributed by atoms with Crippen LogP contribution >= 0.6 is 11.6 Å². The summed E-state index contributed by atoms with van der Waals surface area (Å²) in [5.74, 6) is -0.324. The largest absolute Gasteiger partial charge is 0.314 e. The molecule has 1 rings (SSSR count). The van der Waals surface area contributed by atoms with Crippen molar-refractivity contribution in [3.05, 3.63) is 34.6 Å².